The number of ether oxygens (including phenoxy) is 1. The van der Waals surface area contributed by atoms with Gasteiger partial charge in [0.1, 0.15) is 5.75 Å². The predicted octanol–water partition coefficient (Wildman–Crippen LogP) is 3.71. The maximum Gasteiger partial charge on any atom is 0.466 e. The molecular weight excluding hydrogens is 330 g/mol. The summed E-state index contributed by atoms with van der Waals surface area (Å²) in [5, 5.41) is 10.7. The van der Waals surface area contributed by atoms with Gasteiger partial charge in [0.25, 0.3) is 0 Å². The molecule has 7 heteroatoms. The van der Waals surface area contributed by atoms with Crippen LogP contribution in [0.15, 0.2) is 18.2 Å². The lowest BCUT2D eigenvalue weighted by Crippen LogP contribution is -2.41. The molecule has 24 heavy (non-hydrogen) atoms. The number of benzene rings is 1. The molecule has 1 unspecified atom stereocenters. The van der Waals surface area contributed by atoms with Crippen molar-refractivity contribution in [3.63, 3.8) is 0 Å². The van der Waals surface area contributed by atoms with Crippen LogP contribution in [-0.2, 0) is 18.8 Å². The van der Waals surface area contributed by atoms with Gasteiger partial charge in [-0.2, -0.15) is 0 Å². The molecule has 0 saturated carbocycles. The van der Waals surface area contributed by atoms with E-state index in [1.807, 2.05) is 27.7 Å². The van der Waals surface area contributed by atoms with Crippen LogP contribution >= 0.6 is 11.6 Å². The topological polar surface area (TPSA) is 65.0 Å². The van der Waals surface area contributed by atoms with Crippen molar-refractivity contribution in [2.45, 2.75) is 58.1 Å². The first-order chi connectivity index (χ1) is 11.1. The van der Waals surface area contributed by atoms with E-state index in [0.717, 1.165) is 0 Å². The van der Waals surface area contributed by atoms with Gasteiger partial charge < -0.3 is 19.2 Å². The third-order valence-electron chi connectivity index (χ3n) is 4.68. The quantitative estimate of drug-likeness (QED) is 0.645. The molecule has 1 aliphatic heterocycles. The summed E-state index contributed by atoms with van der Waals surface area (Å²) in [7, 11) is -0.675. The zero-order valence-corrected chi connectivity index (χ0v) is 15.5. The number of carbonyl (C=O) groups excluding carboxylic acids is 1. The van der Waals surface area contributed by atoms with E-state index in [4.69, 9.17) is 25.6 Å². The maximum absolute atomic E-state index is 12.0. The highest BCUT2D eigenvalue weighted by atomic mass is 35.5. The molecule has 1 saturated heterocycles. The van der Waals surface area contributed by atoms with Gasteiger partial charge in [0.15, 0.2) is 0 Å². The van der Waals surface area contributed by atoms with Crippen LogP contribution in [0.2, 0.25) is 5.02 Å². The molecule has 1 aromatic rings. The third kappa shape index (κ3) is 3.87. The average Bonchev–Trinajstić information content (AvgIpc) is 2.65. The molecule has 0 aromatic heterocycles. The second-order valence-electron chi connectivity index (χ2n) is 6.94. The molecule has 1 N–H and O–H groups in total. The fourth-order valence-corrected chi connectivity index (χ4v) is 2.80. The van der Waals surface area contributed by atoms with Gasteiger partial charge in [-0.3, -0.25) is 4.79 Å². The van der Waals surface area contributed by atoms with Gasteiger partial charge >= 0.3 is 13.1 Å². The van der Waals surface area contributed by atoms with E-state index in [9.17, 15) is 9.90 Å². The first kappa shape index (κ1) is 19.1. The van der Waals surface area contributed by atoms with Crippen molar-refractivity contribution < 1.29 is 23.9 Å². The van der Waals surface area contributed by atoms with Crippen molar-refractivity contribution in [1.29, 1.82) is 0 Å². The van der Waals surface area contributed by atoms with Crippen molar-refractivity contribution in [1.82, 2.24) is 0 Å². The van der Waals surface area contributed by atoms with Crippen LogP contribution in [0, 0.1) is 0 Å². The normalized spacial score (nSPS) is 20.0. The maximum atomic E-state index is 12.0. The number of rotatable bonds is 5. The van der Waals surface area contributed by atoms with Crippen LogP contribution in [0.1, 0.15) is 52.4 Å². The van der Waals surface area contributed by atoms with Crippen LogP contribution in [0.25, 0.3) is 0 Å². The van der Waals surface area contributed by atoms with E-state index in [0.29, 0.717) is 17.2 Å². The Balaban J connectivity index is 2.35. The predicted molar refractivity (Wildman–Crippen MR) is 93.2 cm³/mol. The molecule has 2 rings (SSSR count). The summed E-state index contributed by atoms with van der Waals surface area (Å²) in [6, 6.07) is 4.80. The molecule has 0 amide bonds. The van der Waals surface area contributed by atoms with Crippen LogP contribution in [-0.4, -0.2) is 36.0 Å². The molecular formula is C17H24BClO5. The summed E-state index contributed by atoms with van der Waals surface area (Å²) in [6.45, 7) is 9.81. The van der Waals surface area contributed by atoms with E-state index in [1.54, 1.807) is 19.1 Å². The van der Waals surface area contributed by atoms with Crippen molar-refractivity contribution in [2.24, 2.45) is 0 Å². The van der Waals surface area contributed by atoms with Gasteiger partial charge in [0, 0.05) is 10.8 Å². The van der Waals surface area contributed by atoms with Crippen LogP contribution < -0.4 is 0 Å². The number of esters is 1. The fraction of sp³-hybridized carbons (Fsp3) is 0.588. The van der Waals surface area contributed by atoms with Crippen molar-refractivity contribution >= 4 is 24.7 Å². The van der Waals surface area contributed by atoms with Crippen LogP contribution in [0.3, 0.4) is 0 Å². The minimum absolute atomic E-state index is 0.00603. The standard InChI is InChI=1S/C17H24BClO5/c1-6-22-15(21)10-13(12-8-7-11(19)9-14(12)20)18-23-16(2,3)17(4,5)24-18/h7-9,13,20H,6,10H2,1-5H3. The molecule has 0 bridgehead atoms. The highest BCUT2D eigenvalue weighted by Crippen LogP contribution is 2.43. The molecule has 0 spiro atoms. The number of hydrogen-bond acceptors (Lipinski definition) is 5. The Morgan fingerprint density at radius 1 is 1.29 bits per heavy atom. The summed E-state index contributed by atoms with van der Waals surface area (Å²) in [5.74, 6) is -0.861. The summed E-state index contributed by atoms with van der Waals surface area (Å²) < 4.78 is 17.2. The third-order valence-corrected chi connectivity index (χ3v) is 4.92. The lowest BCUT2D eigenvalue weighted by molar-refractivity contribution is -0.143. The van der Waals surface area contributed by atoms with Crippen molar-refractivity contribution in [3.8, 4) is 5.75 Å². The Labute approximate surface area is 148 Å². The molecule has 1 aliphatic rings. The lowest BCUT2D eigenvalue weighted by Gasteiger charge is -2.32. The minimum atomic E-state index is -0.675. The monoisotopic (exact) mass is 354 g/mol. The Kier molecular flexibility index (Phi) is 5.52. The van der Waals surface area contributed by atoms with Gasteiger partial charge in [0.05, 0.1) is 24.2 Å². The lowest BCUT2D eigenvalue weighted by atomic mass is 9.66. The van der Waals surface area contributed by atoms with Crippen LogP contribution in [0.4, 0.5) is 0 Å². The van der Waals surface area contributed by atoms with Gasteiger partial charge in [-0.05, 0) is 52.3 Å². The van der Waals surface area contributed by atoms with Crippen molar-refractivity contribution in [3.05, 3.63) is 28.8 Å². The Morgan fingerprint density at radius 3 is 2.38 bits per heavy atom. The second-order valence-corrected chi connectivity index (χ2v) is 7.38. The summed E-state index contributed by atoms with van der Waals surface area (Å²) in [5.41, 5.74) is -0.523. The summed E-state index contributed by atoms with van der Waals surface area (Å²) in [6.07, 6.45) is 0.0415. The number of phenols is 1. The number of carbonyl (C=O) groups is 1. The summed E-state index contributed by atoms with van der Waals surface area (Å²) in [4.78, 5) is 12.0. The molecule has 1 atom stereocenters. The van der Waals surface area contributed by atoms with Gasteiger partial charge in [-0.25, -0.2) is 0 Å². The van der Waals surface area contributed by atoms with Gasteiger partial charge in [0.2, 0.25) is 0 Å². The second kappa shape index (κ2) is 6.94. The van der Waals surface area contributed by atoms with Gasteiger partial charge in [-0.15, -0.1) is 0 Å². The Morgan fingerprint density at radius 2 is 1.88 bits per heavy atom. The van der Waals surface area contributed by atoms with E-state index < -0.39 is 24.1 Å². The summed E-state index contributed by atoms with van der Waals surface area (Å²) >= 11 is 5.91. The number of phenolic OH excluding ortho intramolecular Hbond substituents is 1. The smallest absolute Gasteiger partial charge is 0.466 e. The molecule has 0 radical (unpaired) electrons. The van der Waals surface area contributed by atoms with E-state index in [1.165, 1.54) is 6.07 Å². The zero-order valence-electron chi connectivity index (χ0n) is 14.8. The Bertz CT molecular complexity index is 601. The molecule has 1 heterocycles. The van der Waals surface area contributed by atoms with Crippen LogP contribution in [0.5, 0.6) is 5.75 Å². The molecule has 0 aliphatic carbocycles. The number of halogens is 1. The molecule has 132 valence electrons. The number of hydrogen-bond donors (Lipinski definition) is 1. The SMILES string of the molecule is CCOC(=O)CC(B1OC(C)(C)C(C)(C)O1)c1ccc(Cl)cc1O. The average molecular weight is 355 g/mol. The van der Waals surface area contributed by atoms with Crippen molar-refractivity contribution in [2.75, 3.05) is 6.61 Å². The molecule has 1 aromatic carbocycles. The molecule has 5 nitrogen and oxygen atoms in total. The van der Waals surface area contributed by atoms with E-state index in [-0.39, 0.29) is 18.1 Å². The van der Waals surface area contributed by atoms with E-state index >= 15 is 0 Å². The largest absolute Gasteiger partial charge is 0.508 e. The first-order valence-electron chi connectivity index (χ1n) is 8.07. The molecule has 1 fully saturated rings. The van der Waals surface area contributed by atoms with E-state index in [2.05, 4.69) is 0 Å². The minimum Gasteiger partial charge on any atom is -0.508 e. The highest BCUT2D eigenvalue weighted by molar-refractivity contribution is 6.48. The highest BCUT2D eigenvalue weighted by Gasteiger charge is 2.54. The van der Waals surface area contributed by atoms with Gasteiger partial charge in [-0.1, -0.05) is 17.7 Å². The first-order valence-corrected chi connectivity index (χ1v) is 8.45. The number of aromatic hydroxyl groups is 1. The Hall–Kier alpha value is -1.24. The zero-order chi connectivity index (χ0) is 18.1. The fourth-order valence-electron chi connectivity index (χ4n) is 2.64.